The number of hydrogen-bond donors (Lipinski definition) is 2. The van der Waals surface area contributed by atoms with E-state index in [0.717, 1.165) is 10.0 Å². The van der Waals surface area contributed by atoms with Crippen molar-refractivity contribution in [1.29, 1.82) is 0 Å². The van der Waals surface area contributed by atoms with Crippen LogP contribution in [0.1, 0.15) is 21.6 Å². The van der Waals surface area contributed by atoms with Crippen LogP contribution in [0.3, 0.4) is 0 Å². The minimum Gasteiger partial charge on any atom is -0.322 e. The Labute approximate surface area is 134 Å². The number of fused-ring (bicyclic) bond motifs is 1. The van der Waals surface area contributed by atoms with E-state index in [9.17, 15) is 9.59 Å². The fraction of sp³-hybridized carbons (Fsp3) is 0.133. The molecule has 2 aromatic heterocycles. The molecule has 0 aliphatic rings. The SMILES string of the molecule is Cc1cc(=O)n2[nH]cc(C(=O)Nc3ccc(Br)c(C)c3)c2n1. The highest BCUT2D eigenvalue weighted by molar-refractivity contribution is 9.10. The standard InChI is InChI=1S/C15H13BrN4O2/c1-8-5-10(3-4-12(8)16)19-15(22)11-7-17-20-13(21)6-9(2)18-14(11)20/h3-7,17H,1-2H3,(H,19,22). The van der Waals surface area contributed by atoms with Gasteiger partial charge in [0.05, 0.1) is 0 Å². The van der Waals surface area contributed by atoms with Crippen LogP contribution < -0.4 is 10.9 Å². The first-order chi connectivity index (χ1) is 10.5. The summed E-state index contributed by atoms with van der Waals surface area (Å²) in [5, 5.41) is 5.55. The Morgan fingerprint density at radius 3 is 2.82 bits per heavy atom. The van der Waals surface area contributed by atoms with E-state index in [2.05, 4.69) is 31.3 Å². The largest absolute Gasteiger partial charge is 0.322 e. The normalized spacial score (nSPS) is 10.9. The van der Waals surface area contributed by atoms with Gasteiger partial charge in [0.25, 0.3) is 11.5 Å². The zero-order valence-electron chi connectivity index (χ0n) is 12.0. The number of carbonyl (C=O) groups is 1. The van der Waals surface area contributed by atoms with E-state index in [4.69, 9.17) is 0 Å². The Kier molecular flexibility index (Phi) is 3.58. The van der Waals surface area contributed by atoms with Crippen LogP contribution in [0.5, 0.6) is 0 Å². The van der Waals surface area contributed by atoms with Gasteiger partial charge < -0.3 is 5.32 Å². The highest BCUT2D eigenvalue weighted by Gasteiger charge is 2.15. The van der Waals surface area contributed by atoms with Crippen LogP contribution in [0.2, 0.25) is 0 Å². The molecule has 0 bridgehead atoms. The van der Waals surface area contributed by atoms with Gasteiger partial charge in [-0.15, -0.1) is 0 Å². The number of aromatic nitrogens is 3. The number of aromatic amines is 1. The van der Waals surface area contributed by atoms with Crippen LogP contribution in [0.25, 0.3) is 5.65 Å². The highest BCUT2D eigenvalue weighted by atomic mass is 79.9. The van der Waals surface area contributed by atoms with Gasteiger partial charge in [-0.1, -0.05) is 15.9 Å². The van der Waals surface area contributed by atoms with E-state index in [1.54, 1.807) is 13.0 Å². The first-order valence-corrected chi connectivity index (χ1v) is 7.40. The third-order valence-corrected chi connectivity index (χ3v) is 4.18. The summed E-state index contributed by atoms with van der Waals surface area (Å²) in [6.45, 7) is 3.66. The lowest BCUT2D eigenvalue weighted by molar-refractivity contribution is 0.102. The smallest absolute Gasteiger partial charge is 0.272 e. The predicted molar refractivity (Wildman–Crippen MR) is 87.4 cm³/mol. The lowest BCUT2D eigenvalue weighted by Gasteiger charge is -2.06. The summed E-state index contributed by atoms with van der Waals surface area (Å²) in [6.07, 6.45) is 1.48. The minimum atomic E-state index is -0.321. The number of H-pyrrole nitrogens is 1. The number of nitrogens with one attached hydrogen (secondary N) is 2. The number of hydrogen-bond acceptors (Lipinski definition) is 3. The molecule has 0 radical (unpaired) electrons. The van der Waals surface area contributed by atoms with Crippen molar-refractivity contribution >= 4 is 33.2 Å². The molecule has 2 heterocycles. The van der Waals surface area contributed by atoms with Crippen molar-refractivity contribution in [3.8, 4) is 0 Å². The van der Waals surface area contributed by atoms with Crippen molar-refractivity contribution in [2.45, 2.75) is 13.8 Å². The zero-order valence-corrected chi connectivity index (χ0v) is 13.6. The Morgan fingerprint density at radius 2 is 2.09 bits per heavy atom. The molecule has 0 aliphatic heterocycles. The maximum absolute atomic E-state index is 12.4. The number of benzene rings is 1. The number of amides is 1. The maximum atomic E-state index is 12.4. The lowest BCUT2D eigenvalue weighted by atomic mass is 10.2. The van der Waals surface area contributed by atoms with E-state index in [1.165, 1.54) is 16.8 Å². The van der Waals surface area contributed by atoms with Crippen molar-refractivity contribution in [3.63, 3.8) is 0 Å². The van der Waals surface area contributed by atoms with Gasteiger partial charge in [-0.05, 0) is 37.6 Å². The molecule has 0 spiro atoms. The molecule has 0 saturated carbocycles. The van der Waals surface area contributed by atoms with E-state index < -0.39 is 0 Å². The second-order valence-electron chi connectivity index (χ2n) is 5.00. The fourth-order valence-corrected chi connectivity index (χ4v) is 2.43. The molecule has 3 rings (SSSR count). The number of carbonyl (C=O) groups excluding carboxylic acids is 1. The lowest BCUT2D eigenvalue weighted by Crippen LogP contribution is -2.17. The van der Waals surface area contributed by atoms with Crippen LogP contribution in [-0.4, -0.2) is 20.5 Å². The van der Waals surface area contributed by atoms with E-state index >= 15 is 0 Å². The topological polar surface area (TPSA) is 79.3 Å². The molecule has 0 saturated heterocycles. The number of aryl methyl sites for hydroxylation is 2. The maximum Gasteiger partial charge on any atom is 0.272 e. The summed E-state index contributed by atoms with van der Waals surface area (Å²) in [4.78, 5) is 28.5. The van der Waals surface area contributed by atoms with Crippen molar-refractivity contribution in [2.24, 2.45) is 0 Å². The highest BCUT2D eigenvalue weighted by Crippen LogP contribution is 2.20. The molecule has 22 heavy (non-hydrogen) atoms. The Hall–Kier alpha value is -2.41. The molecule has 0 atom stereocenters. The van der Waals surface area contributed by atoms with E-state index in [1.807, 2.05) is 19.1 Å². The average Bonchev–Trinajstić information content (AvgIpc) is 2.87. The second-order valence-corrected chi connectivity index (χ2v) is 5.85. The van der Waals surface area contributed by atoms with Crippen LogP contribution in [0, 0.1) is 13.8 Å². The first-order valence-electron chi connectivity index (χ1n) is 6.61. The quantitative estimate of drug-likeness (QED) is 0.737. The fourth-order valence-electron chi connectivity index (χ4n) is 2.18. The molecule has 1 amide bonds. The second kappa shape index (κ2) is 5.42. The molecule has 2 N–H and O–H groups in total. The van der Waals surface area contributed by atoms with Gasteiger partial charge in [-0.2, -0.15) is 0 Å². The summed E-state index contributed by atoms with van der Waals surface area (Å²) >= 11 is 3.42. The molecule has 0 unspecified atom stereocenters. The van der Waals surface area contributed by atoms with Crippen molar-refractivity contribution in [1.82, 2.24) is 14.6 Å². The summed E-state index contributed by atoms with van der Waals surface area (Å²) in [7, 11) is 0. The van der Waals surface area contributed by atoms with Gasteiger partial charge in [0, 0.05) is 28.1 Å². The molecule has 0 fully saturated rings. The number of nitrogens with zero attached hydrogens (tertiary/aromatic N) is 2. The number of rotatable bonds is 2. The third kappa shape index (κ3) is 2.55. The van der Waals surface area contributed by atoms with Crippen molar-refractivity contribution in [3.05, 3.63) is 62.1 Å². The average molecular weight is 361 g/mol. The summed E-state index contributed by atoms with van der Waals surface area (Å²) < 4.78 is 2.22. The van der Waals surface area contributed by atoms with Gasteiger partial charge in [-0.3, -0.25) is 14.7 Å². The Bertz CT molecular complexity index is 942. The van der Waals surface area contributed by atoms with Gasteiger partial charge in [0.2, 0.25) is 0 Å². The third-order valence-electron chi connectivity index (χ3n) is 3.29. The molecular weight excluding hydrogens is 348 g/mol. The van der Waals surface area contributed by atoms with Crippen molar-refractivity contribution < 1.29 is 4.79 Å². The zero-order chi connectivity index (χ0) is 15.9. The van der Waals surface area contributed by atoms with Crippen LogP contribution in [0.4, 0.5) is 5.69 Å². The summed E-state index contributed by atoms with van der Waals surface area (Å²) in [5.74, 6) is -0.321. The van der Waals surface area contributed by atoms with Gasteiger partial charge in [-0.25, -0.2) is 9.50 Å². The number of halogens is 1. The summed E-state index contributed by atoms with van der Waals surface area (Å²) in [5.41, 5.74) is 2.65. The van der Waals surface area contributed by atoms with Crippen molar-refractivity contribution in [2.75, 3.05) is 5.32 Å². The minimum absolute atomic E-state index is 0.249. The van der Waals surface area contributed by atoms with Crippen LogP contribution in [0.15, 0.2) is 39.7 Å². The van der Waals surface area contributed by atoms with Crippen LogP contribution in [-0.2, 0) is 0 Å². The van der Waals surface area contributed by atoms with Gasteiger partial charge >= 0.3 is 0 Å². The predicted octanol–water partition coefficient (Wildman–Crippen LogP) is 2.65. The monoisotopic (exact) mass is 360 g/mol. The summed E-state index contributed by atoms with van der Waals surface area (Å²) in [6, 6.07) is 6.94. The molecule has 1 aromatic carbocycles. The van der Waals surface area contributed by atoms with Gasteiger partial charge in [0.1, 0.15) is 5.56 Å². The Balaban J connectivity index is 1.99. The first kappa shape index (κ1) is 14.5. The molecule has 7 heteroatoms. The van der Waals surface area contributed by atoms with E-state index in [-0.39, 0.29) is 11.5 Å². The van der Waals surface area contributed by atoms with E-state index in [0.29, 0.717) is 22.6 Å². The van der Waals surface area contributed by atoms with Gasteiger partial charge in [0.15, 0.2) is 5.65 Å². The number of anilines is 1. The molecule has 112 valence electrons. The molecular formula is C15H13BrN4O2. The molecule has 3 aromatic rings. The Morgan fingerprint density at radius 1 is 1.32 bits per heavy atom. The molecule has 0 aliphatic carbocycles. The molecule has 6 nitrogen and oxygen atoms in total. The van der Waals surface area contributed by atoms with Crippen LogP contribution >= 0.6 is 15.9 Å².